The van der Waals surface area contributed by atoms with Crippen LogP contribution in [0, 0.1) is 0 Å². The Labute approximate surface area is 166 Å². The minimum absolute atomic E-state index is 0. The molecule has 2 atom stereocenters. The summed E-state index contributed by atoms with van der Waals surface area (Å²) in [6.45, 7) is 2.86. The van der Waals surface area contributed by atoms with Gasteiger partial charge in [0.15, 0.2) is 0 Å². The smallest absolute Gasteiger partial charge is 0.113 e. The summed E-state index contributed by atoms with van der Waals surface area (Å²) in [5, 5.41) is 10.6. The lowest BCUT2D eigenvalue weighted by molar-refractivity contribution is -0.00878. The summed E-state index contributed by atoms with van der Waals surface area (Å²) in [5.74, 6) is 1.64. The second-order valence-electron chi connectivity index (χ2n) is 7.24. The molecule has 4 nitrogen and oxygen atoms in total. The number of imidazole rings is 1. The van der Waals surface area contributed by atoms with E-state index in [0.29, 0.717) is 19.1 Å². The monoisotopic (exact) mass is 386 g/mol. The molecule has 1 saturated carbocycles. The highest BCUT2D eigenvalue weighted by Gasteiger charge is 2.26. The van der Waals surface area contributed by atoms with Crippen molar-refractivity contribution in [3.05, 3.63) is 66.0 Å². The van der Waals surface area contributed by atoms with Gasteiger partial charge in [0.1, 0.15) is 5.82 Å². The molecule has 0 spiro atoms. The number of hydrogen-bond donors (Lipinski definition) is 1. The van der Waals surface area contributed by atoms with Crippen LogP contribution in [-0.4, -0.2) is 27.4 Å². The first-order valence-corrected chi connectivity index (χ1v) is 9.52. The van der Waals surface area contributed by atoms with Gasteiger partial charge in [-0.25, -0.2) is 4.98 Å². The van der Waals surface area contributed by atoms with Crippen LogP contribution in [0.15, 0.2) is 54.6 Å². The van der Waals surface area contributed by atoms with Crippen LogP contribution in [0.25, 0.3) is 11.0 Å². The van der Waals surface area contributed by atoms with Crippen LogP contribution in [0.2, 0.25) is 0 Å². The van der Waals surface area contributed by atoms with Crippen molar-refractivity contribution in [3.8, 4) is 0 Å². The van der Waals surface area contributed by atoms with Crippen LogP contribution < -0.4 is 0 Å². The molecule has 1 aliphatic rings. The largest absolute Gasteiger partial charge is 0.389 e. The normalized spacial score (nSPS) is 16.5. The Balaban J connectivity index is 0.00000210. The molecule has 1 aliphatic carbocycles. The van der Waals surface area contributed by atoms with Crippen LogP contribution in [0.5, 0.6) is 0 Å². The Morgan fingerprint density at radius 3 is 2.52 bits per heavy atom. The number of hydrogen-bond acceptors (Lipinski definition) is 3. The Morgan fingerprint density at radius 1 is 1.11 bits per heavy atom. The van der Waals surface area contributed by atoms with E-state index < -0.39 is 6.10 Å². The van der Waals surface area contributed by atoms with Crippen LogP contribution in [0.3, 0.4) is 0 Å². The minimum atomic E-state index is -0.558. The topological polar surface area (TPSA) is 47.3 Å². The Hall–Kier alpha value is -1.88. The van der Waals surface area contributed by atoms with E-state index in [9.17, 15) is 5.11 Å². The number of para-hydroxylation sites is 2. The van der Waals surface area contributed by atoms with E-state index in [1.807, 2.05) is 43.3 Å². The summed E-state index contributed by atoms with van der Waals surface area (Å²) in [5.41, 5.74) is 3.24. The highest BCUT2D eigenvalue weighted by atomic mass is 35.5. The molecule has 0 amide bonds. The first-order valence-electron chi connectivity index (χ1n) is 9.52. The van der Waals surface area contributed by atoms with Crippen LogP contribution in [0.1, 0.15) is 49.6 Å². The highest BCUT2D eigenvalue weighted by Crippen LogP contribution is 2.37. The summed E-state index contributed by atoms with van der Waals surface area (Å²) in [6.07, 6.45) is 3.07. The molecule has 1 aromatic heterocycles. The predicted molar refractivity (Wildman–Crippen MR) is 110 cm³/mol. The molecule has 4 rings (SSSR count). The number of halogens is 1. The van der Waals surface area contributed by atoms with Crippen LogP contribution in [0.4, 0.5) is 0 Å². The molecule has 0 aliphatic heterocycles. The third-order valence-corrected chi connectivity index (χ3v) is 5.36. The van der Waals surface area contributed by atoms with Gasteiger partial charge in [-0.2, -0.15) is 0 Å². The van der Waals surface area contributed by atoms with Gasteiger partial charge in [0.2, 0.25) is 0 Å². The molecule has 0 saturated heterocycles. The number of fused-ring (bicyclic) bond motifs is 1. The van der Waals surface area contributed by atoms with Crippen molar-refractivity contribution >= 4 is 23.4 Å². The maximum Gasteiger partial charge on any atom is 0.113 e. The lowest BCUT2D eigenvalue weighted by Gasteiger charge is -2.26. The average molecular weight is 387 g/mol. The quantitative estimate of drug-likeness (QED) is 0.630. The zero-order valence-corrected chi connectivity index (χ0v) is 16.4. The van der Waals surface area contributed by atoms with Crippen molar-refractivity contribution in [1.82, 2.24) is 9.55 Å². The molecule has 1 N–H and O–H groups in total. The first-order chi connectivity index (χ1) is 12.7. The molecule has 144 valence electrons. The van der Waals surface area contributed by atoms with Crippen molar-refractivity contribution in [2.45, 2.75) is 50.9 Å². The van der Waals surface area contributed by atoms with Gasteiger partial charge in [-0.3, -0.25) is 0 Å². The van der Waals surface area contributed by atoms with Gasteiger partial charge in [-0.05, 0) is 37.5 Å². The van der Waals surface area contributed by atoms with E-state index in [1.54, 1.807) is 0 Å². The van der Waals surface area contributed by atoms with Gasteiger partial charge in [0.25, 0.3) is 0 Å². The lowest BCUT2D eigenvalue weighted by atomic mass is 9.85. The van der Waals surface area contributed by atoms with Crippen molar-refractivity contribution in [3.63, 3.8) is 0 Å². The van der Waals surface area contributed by atoms with Crippen molar-refractivity contribution in [2.24, 2.45) is 0 Å². The summed E-state index contributed by atoms with van der Waals surface area (Å²) in [6, 6.07) is 18.3. The average Bonchev–Trinajstić information content (AvgIpc) is 2.97. The minimum Gasteiger partial charge on any atom is -0.389 e. The number of benzene rings is 2. The molecule has 0 bridgehead atoms. The van der Waals surface area contributed by atoms with E-state index >= 15 is 0 Å². The molecule has 3 aromatic rings. The van der Waals surface area contributed by atoms with Gasteiger partial charge in [0.05, 0.1) is 36.4 Å². The lowest BCUT2D eigenvalue weighted by Crippen LogP contribution is -2.25. The van der Waals surface area contributed by atoms with E-state index in [-0.39, 0.29) is 18.5 Å². The summed E-state index contributed by atoms with van der Waals surface area (Å²) < 4.78 is 8.10. The van der Waals surface area contributed by atoms with Gasteiger partial charge < -0.3 is 14.4 Å². The van der Waals surface area contributed by atoms with E-state index in [1.165, 1.54) is 19.3 Å². The molecule has 1 fully saturated rings. The van der Waals surface area contributed by atoms with Crippen molar-refractivity contribution < 1.29 is 9.84 Å². The molecular weight excluding hydrogens is 360 g/mol. The molecule has 0 radical (unpaired) electrons. The van der Waals surface area contributed by atoms with E-state index in [2.05, 4.69) is 22.8 Å². The third kappa shape index (κ3) is 4.34. The number of aliphatic hydroxyl groups excluding tert-OH is 1. The zero-order chi connectivity index (χ0) is 17.9. The summed E-state index contributed by atoms with van der Waals surface area (Å²) in [4.78, 5) is 4.84. The maximum absolute atomic E-state index is 10.6. The number of aromatic nitrogens is 2. The molecule has 27 heavy (non-hydrogen) atoms. The van der Waals surface area contributed by atoms with Gasteiger partial charge in [-0.15, -0.1) is 12.4 Å². The molecule has 5 heteroatoms. The Bertz CT molecular complexity index is 861. The maximum atomic E-state index is 10.6. The molecular formula is C22H27ClN2O2. The second-order valence-corrected chi connectivity index (χ2v) is 7.24. The molecule has 2 unspecified atom stereocenters. The van der Waals surface area contributed by atoms with Gasteiger partial charge >= 0.3 is 0 Å². The number of ether oxygens (including phenoxy) is 1. The van der Waals surface area contributed by atoms with Crippen LogP contribution in [-0.2, 0) is 11.3 Å². The summed E-state index contributed by atoms with van der Waals surface area (Å²) >= 11 is 0. The fraction of sp³-hybridized carbons (Fsp3) is 0.409. The second kappa shape index (κ2) is 8.87. The zero-order valence-electron chi connectivity index (χ0n) is 15.6. The number of aliphatic hydroxyl groups is 1. The van der Waals surface area contributed by atoms with E-state index in [0.717, 1.165) is 22.4 Å². The Morgan fingerprint density at radius 2 is 1.81 bits per heavy atom. The van der Waals surface area contributed by atoms with E-state index in [4.69, 9.17) is 9.72 Å². The fourth-order valence-corrected chi connectivity index (χ4v) is 3.60. The van der Waals surface area contributed by atoms with Crippen molar-refractivity contribution in [2.75, 3.05) is 6.61 Å². The third-order valence-electron chi connectivity index (χ3n) is 5.36. The molecule has 1 heterocycles. The van der Waals surface area contributed by atoms with Gasteiger partial charge in [-0.1, -0.05) is 48.9 Å². The Kier molecular flexibility index (Phi) is 6.53. The number of rotatable bonds is 7. The SMILES string of the molecule is CC(OCC(O)Cn1c(C2CCC2)nc2ccccc21)c1ccccc1.Cl. The fourth-order valence-electron chi connectivity index (χ4n) is 3.60. The highest BCUT2D eigenvalue weighted by molar-refractivity contribution is 5.85. The first kappa shape index (κ1) is 19.9. The van der Waals surface area contributed by atoms with Crippen molar-refractivity contribution in [1.29, 1.82) is 0 Å². The molecule has 2 aromatic carbocycles. The summed E-state index contributed by atoms with van der Waals surface area (Å²) in [7, 11) is 0. The van der Waals surface area contributed by atoms with Gasteiger partial charge in [0, 0.05) is 5.92 Å². The van der Waals surface area contributed by atoms with Crippen LogP contribution >= 0.6 is 12.4 Å². The predicted octanol–water partition coefficient (Wildman–Crippen LogP) is 4.86. The number of nitrogens with zero attached hydrogens (tertiary/aromatic N) is 2. The standard InChI is InChI=1S/C22H26N2O2.ClH/c1-16(17-8-3-2-4-9-17)26-15-19(25)14-24-21-13-6-5-12-20(21)23-22(24)18-10-7-11-18;/h2-6,8-9,12-13,16,18-19,25H,7,10-11,14-15H2,1H3;1H.